The summed E-state index contributed by atoms with van der Waals surface area (Å²) in [4.78, 5) is 4.60. The molecule has 0 atom stereocenters. The average molecular weight is 501 g/mol. The van der Waals surface area contributed by atoms with E-state index in [2.05, 4.69) is 15.6 Å². The van der Waals surface area contributed by atoms with Crippen LogP contribution in [0.25, 0.3) is 0 Å². The van der Waals surface area contributed by atoms with Crippen molar-refractivity contribution in [2.75, 3.05) is 26.9 Å². The molecule has 0 saturated heterocycles. The monoisotopic (exact) mass is 501 g/mol. The van der Waals surface area contributed by atoms with Gasteiger partial charge < -0.3 is 20.1 Å². The van der Waals surface area contributed by atoms with Crippen molar-refractivity contribution in [2.24, 2.45) is 4.99 Å². The second kappa shape index (κ2) is 13.3. The van der Waals surface area contributed by atoms with Gasteiger partial charge in [0, 0.05) is 20.2 Å². The Balaban J connectivity index is 0.00000392. The fourth-order valence-corrected chi connectivity index (χ4v) is 2.42. The van der Waals surface area contributed by atoms with Crippen LogP contribution in [0.15, 0.2) is 47.5 Å². The summed E-state index contributed by atoms with van der Waals surface area (Å²) in [7, 11) is 1.65. The highest BCUT2D eigenvalue weighted by atomic mass is 127. The maximum absolute atomic E-state index is 13.7. The first-order valence-electron chi connectivity index (χ1n) is 9.10. The quantitative estimate of drug-likeness (QED) is 0.236. The normalized spacial score (nSPS) is 10.9. The maximum atomic E-state index is 13.7. The Bertz CT molecular complexity index is 756. The molecule has 28 heavy (non-hydrogen) atoms. The molecule has 2 aromatic rings. The van der Waals surface area contributed by atoms with Gasteiger partial charge in [-0.2, -0.15) is 0 Å². The SMILES string of the molecule is CCNC(=NCc1cccc(OCCOC)c1)NCc1ccc(C)c(F)c1.I. The number of nitrogens with zero attached hydrogens (tertiary/aromatic N) is 1. The Morgan fingerprint density at radius 1 is 1.07 bits per heavy atom. The molecule has 0 radical (unpaired) electrons. The van der Waals surface area contributed by atoms with E-state index in [0.29, 0.717) is 37.8 Å². The van der Waals surface area contributed by atoms with E-state index in [1.165, 1.54) is 0 Å². The molecular weight excluding hydrogens is 472 g/mol. The minimum atomic E-state index is -0.193. The van der Waals surface area contributed by atoms with E-state index in [-0.39, 0.29) is 29.8 Å². The van der Waals surface area contributed by atoms with Crippen molar-refractivity contribution >= 4 is 29.9 Å². The van der Waals surface area contributed by atoms with E-state index in [9.17, 15) is 4.39 Å². The molecule has 5 nitrogen and oxygen atoms in total. The summed E-state index contributed by atoms with van der Waals surface area (Å²) in [6, 6.07) is 13.1. The minimum Gasteiger partial charge on any atom is -0.491 e. The van der Waals surface area contributed by atoms with Crippen LogP contribution < -0.4 is 15.4 Å². The molecular formula is C21H29FIN3O2. The van der Waals surface area contributed by atoms with Gasteiger partial charge >= 0.3 is 0 Å². The Morgan fingerprint density at radius 3 is 2.61 bits per heavy atom. The molecule has 0 bridgehead atoms. The number of aliphatic imine (C=N–C) groups is 1. The number of rotatable bonds is 9. The van der Waals surface area contributed by atoms with Crippen LogP contribution in [0, 0.1) is 12.7 Å². The maximum Gasteiger partial charge on any atom is 0.191 e. The second-order valence-corrected chi connectivity index (χ2v) is 6.12. The van der Waals surface area contributed by atoms with Crippen molar-refractivity contribution in [3.05, 3.63) is 65.0 Å². The van der Waals surface area contributed by atoms with Crippen LogP contribution in [0.4, 0.5) is 4.39 Å². The van der Waals surface area contributed by atoms with Gasteiger partial charge in [0.1, 0.15) is 18.2 Å². The van der Waals surface area contributed by atoms with Gasteiger partial charge in [0.15, 0.2) is 5.96 Å². The third kappa shape index (κ3) is 8.43. The third-order valence-electron chi connectivity index (χ3n) is 3.91. The summed E-state index contributed by atoms with van der Waals surface area (Å²) >= 11 is 0. The number of guanidine groups is 1. The van der Waals surface area contributed by atoms with Crippen molar-refractivity contribution in [1.82, 2.24) is 10.6 Å². The first-order chi connectivity index (χ1) is 13.1. The lowest BCUT2D eigenvalue weighted by molar-refractivity contribution is 0.146. The number of hydrogen-bond donors (Lipinski definition) is 2. The predicted octanol–water partition coefficient (Wildman–Crippen LogP) is 4.03. The highest BCUT2D eigenvalue weighted by Gasteiger charge is 2.03. The molecule has 0 saturated carbocycles. The molecule has 0 aromatic heterocycles. The minimum absolute atomic E-state index is 0. The van der Waals surface area contributed by atoms with Gasteiger partial charge in [-0.3, -0.25) is 0 Å². The summed E-state index contributed by atoms with van der Waals surface area (Å²) in [5.74, 6) is 1.29. The molecule has 0 heterocycles. The lowest BCUT2D eigenvalue weighted by Gasteiger charge is -2.12. The zero-order valence-electron chi connectivity index (χ0n) is 16.6. The van der Waals surface area contributed by atoms with Gasteiger partial charge in [-0.15, -0.1) is 24.0 Å². The number of ether oxygens (including phenoxy) is 2. The lowest BCUT2D eigenvalue weighted by Crippen LogP contribution is -2.36. The van der Waals surface area contributed by atoms with E-state index in [0.717, 1.165) is 23.4 Å². The van der Waals surface area contributed by atoms with Gasteiger partial charge in [0.25, 0.3) is 0 Å². The van der Waals surface area contributed by atoms with E-state index in [1.54, 1.807) is 26.2 Å². The molecule has 0 unspecified atom stereocenters. The molecule has 2 aromatic carbocycles. The summed E-state index contributed by atoms with van der Waals surface area (Å²) in [5, 5.41) is 6.44. The molecule has 0 aliphatic rings. The van der Waals surface area contributed by atoms with Crippen LogP contribution in [0.5, 0.6) is 5.75 Å². The predicted molar refractivity (Wildman–Crippen MR) is 122 cm³/mol. The highest BCUT2D eigenvalue weighted by Crippen LogP contribution is 2.14. The average Bonchev–Trinajstić information content (AvgIpc) is 2.67. The first kappa shape index (κ1) is 24.2. The smallest absolute Gasteiger partial charge is 0.191 e. The molecule has 0 fully saturated rings. The van der Waals surface area contributed by atoms with Gasteiger partial charge in [-0.1, -0.05) is 24.3 Å². The Morgan fingerprint density at radius 2 is 1.89 bits per heavy atom. The van der Waals surface area contributed by atoms with Crippen molar-refractivity contribution in [1.29, 1.82) is 0 Å². The second-order valence-electron chi connectivity index (χ2n) is 6.12. The standard InChI is InChI=1S/C21H28FN3O2.HI/c1-4-23-21(25-15-18-9-8-16(2)20(22)13-18)24-14-17-6-5-7-19(12-17)27-11-10-26-3;/h5-9,12-13H,4,10-11,14-15H2,1-3H3,(H2,23,24,25);1H. The van der Waals surface area contributed by atoms with Crippen molar-refractivity contribution in [3.63, 3.8) is 0 Å². The zero-order chi connectivity index (χ0) is 19.5. The van der Waals surface area contributed by atoms with E-state index in [4.69, 9.17) is 9.47 Å². The van der Waals surface area contributed by atoms with Gasteiger partial charge in [0.05, 0.1) is 13.2 Å². The van der Waals surface area contributed by atoms with E-state index in [1.807, 2.05) is 37.3 Å². The third-order valence-corrected chi connectivity index (χ3v) is 3.91. The van der Waals surface area contributed by atoms with E-state index < -0.39 is 0 Å². The van der Waals surface area contributed by atoms with E-state index >= 15 is 0 Å². The number of methoxy groups -OCH3 is 1. The topological polar surface area (TPSA) is 54.9 Å². The molecule has 2 rings (SSSR count). The van der Waals surface area contributed by atoms with Crippen LogP contribution in [0.1, 0.15) is 23.6 Å². The Hall–Kier alpha value is -1.87. The van der Waals surface area contributed by atoms with Crippen LogP contribution in [0.2, 0.25) is 0 Å². The number of aryl methyl sites for hydroxylation is 1. The lowest BCUT2D eigenvalue weighted by atomic mass is 10.1. The molecule has 2 N–H and O–H groups in total. The number of benzene rings is 2. The molecule has 0 aliphatic heterocycles. The fraction of sp³-hybridized carbons (Fsp3) is 0.381. The summed E-state index contributed by atoms with van der Waals surface area (Å²) in [6.07, 6.45) is 0. The number of nitrogens with one attached hydrogen (secondary N) is 2. The highest BCUT2D eigenvalue weighted by molar-refractivity contribution is 14.0. The van der Waals surface area contributed by atoms with Crippen LogP contribution in [-0.4, -0.2) is 32.8 Å². The summed E-state index contributed by atoms with van der Waals surface area (Å²) in [6.45, 7) is 6.59. The molecule has 7 heteroatoms. The van der Waals surface area contributed by atoms with Gasteiger partial charge in [-0.05, 0) is 48.7 Å². The molecule has 0 amide bonds. The molecule has 154 valence electrons. The molecule has 0 spiro atoms. The Kier molecular flexibility index (Phi) is 11.5. The van der Waals surface area contributed by atoms with Gasteiger partial charge in [0.2, 0.25) is 0 Å². The Labute approximate surface area is 183 Å². The number of hydrogen-bond acceptors (Lipinski definition) is 3. The summed E-state index contributed by atoms with van der Waals surface area (Å²) < 4.78 is 24.3. The van der Waals surface area contributed by atoms with Gasteiger partial charge in [-0.25, -0.2) is 9.38 Å². The van der Waals surface area contributed by atoms with Crippen LogP contribution in [0.3, 0.4) is 0 Å². The zero-order valence-corrected chi connectivity index (χ0v) is 19.0. The largest absolute Gasteiger partial charge is 0.491 e. The first-order valence-corrected chi connectivity index (χ1v) is 9.10. The van der Waals surface area contributed by atoms with Crippen molar-refractivity contribution < 1.29 is 13.9 Å². The van der Waals surface area contributed by atoms with Crippen LogP contribution >= 0.6 is 24.0 Å². The fourth-order valence-electron chi connectivity index (χ4n) is 2.42. The van der Waals surface area contributed by atoms with Crippen molar-refractivity contribution in [2.45, 2.75) is 26.9 Å². The van der Waals surface area contributed by atoms with Crippen LogP contribution in [-0.2, 0) is 17.8 Å². The van der Waals surface area contributed by atoms with Crippen molar-refractivity contribution in [3.8, 4) is 5.75 Å². The number of halogens is 2. The molecule has 0 aliphatic carbocycles. The summed E-state index contributed by atoms with van der Waals surface area (Å²) in [5.41, 5.74) is 2.56.